The number of hydrogen-bond donors (Lipinski definition) is 1. The van der Waals surface area contributed by atoms with Crippen LogP contribution in [0.4, 0.5) is 0 Å². The molecule has 1 unspecified atom stereocenters. The van der Waals surface area contributed by atoms with Crippen molar-refractivity contribution in [1.29, 1.82) is 0 Å². The van der Waals surface area contributed by atoms with Crippen LogP contribution in [0.3, 0.4) is 0 Å². The predicted octanol–water partition coefficient (Wildman–Crippen LogP) is 2.71. The topological polar surface area (TPSA) is 28.2 Å². The summed E-state index contributed by atoms with van der Waals surface area (Å²) in [6.07, 6.45) is 4.33. The molecule has 112 valence electrons. The van der Waals surface area contributed by atoms with Crippen molar-refractivity contribution in [2.75, 3.05) is 32.7 Å². The lowest BCUT2D eigenvalue weighted by molar-refractivity contribution is 0.326. The quantitative estimate of drug-likeness (QED) is 0.883. The van der Waals surface area contributed by atoms with Gasteiger partial charge < -0.3 is 10.2 Å². The molecule has 0 aliphatic carbocycles. The van der Waals surface area contributed by atoms with Gasteiger partial charge in [-0.3, -0.25) is 4.98 Å². The summed E-state index contributed by atoms with van der Waals surface area (Å²) in [4.78, 5) is 7.15. The molecule has 1 atom stereocenters. The largest absolute Gasteiger partial charge is 0.317 e. The molecule has 1 saturated heterocycles. The summed E-state index contributed by atoms with van der Waals surface area (Å²) < 4.78 is 0. The van der Waals surface area contributed by atoms with E-state index >= 15 is 0 Å². The van der Waals surface area contributed by atoms with E-state index in [4.69, 9.17) is 0 Å². The minimum Gasteiger partial charge on any atom is -0.317 e. The Balaban J connectivity index is 1.58. The predicted molar refractivity (Wildman–Crippen MR) is 88.5 cm³/mol. The third-order valence-corrected chi connectivity index (χ3v) is 4.47. The Hall–Kier alpha value is -1.45. The van der Waals surface area contributed by atoms with Gasteiger partial charge in [0.05, 0.1) is 5.52 Å². The average Bonchev–Trinajstić information content (AvgIpc) is 2.99. The van der Waals surface area contributed by atoms with Crippen LogP contribution in [0.15, 0.2) is 36.5 Å². The number of nitrogens with one attached hydrogen (secondary N) is 1. The molecule has 21 heavy (non-hydrogen) atoms. The minimum atomic E-state index is 0.829. The normalized spacial score (nSPS) is 19.4. The van der Waals surface area contributed by atoms with Crippen molar-refractivity contribution in [3.05, 3.63) is 42.1 Å². The number of aromatic nitrogens is 1. The van der Waals surface area contributed by atoms with Crippen molar-refractivity contribution in [2.24, 2.45) is 5.92 Å². The number of para-hydroxylation sites is 1. The molecule has 1 aromatic heterocycles. The maximum Gasteiger partial charge on any atom is 0.0734 e. The van der Waals surface area contributed by atoms with Gasteiger partial charge in [0.1, 0.15) is 0 Å². The third kappa shape index (κ3) is 3.60. The first kappa shape index (κ1) is 14.5. The zero-order valence-corrected chi connectivity index (χ0v) is 12.9. The number of hydrogen-bond acceptors (Lipinski definition) is 3. The van der Waals surface area contributed by atoms with Crippen molar-refractivity contribution in [3.8, 4) is 0 Å². The minimum absolute atomic E-state index is 0.829. The van der Waals surface area contributed by atoms with Gasteiger partial charge in [0, 0.05) is 24.7 Å². The van der Waals surface area contributed by atoms with Gasteiger partial charge in [0.15, 0.2) is 0 Å². The van der Waals surface area contributed by atoms with E-state index in [1.54, 1.807) is 0 Å². The van der Waals surface area contributed by atoms with Crippen LogP contribution >= 0.6 is 0 Å². The number of pyridine rings is 1. The summed E-state index contributed by atoms with van der Waals surface area (Å²) >= 11 is 0. The van der Waals surface area contributed by atoms with Crippen molar-refractivity contribution >= 4 is 10.9 Å². The Morgan fingerprint density at radius 1 is 1.29 bits per heavy atom. The van der Waals surface area contributed by atoms with Gasteiger partial charge in [-0.1, -0.05) is 31.2 Å². The molecule has 3 heteroatoms. The fraction of sp³-hybridized carbons (Fsp3) is 0.500. The van der Waals surface area contributed by atoms with Crippen LogP contribution in [0.2, 0.25) is 0 Å². The average molecular weight is 283 g/mol. The highest BCUT2D eigenvalue weighted by molar-refractivity contribution is 5.81. The lowest BCUT2D eigenvalue weighted by Gasteiger charge is -2.16. The van der Waals surface area contributed by atoms with Gasteiger partial charge in [-0.25, -0.2) is 0 Å². The number of benzene rings is 1. The van der Waals surface area contributed by atoms with Crippen LogP contribution in [0.5, 0.6) is 0 Å². The molecule has 0 bridgehead atoms. The molecule has 0 saturated carbocycles. The monoisotopic (exact) mass is 283 g/mol. The van der Waals surface area contributed by atoms with Gasteiger partial charge in [-0.05, 0) is 50.0 Å². The molecule has 0 spiro atoms. The summed E-state index contributed by atoms with van der Waals surface area (Å²) in [5.74, 6) is 0.829. The van der Waals surface area contributed by atoms with E-state index in [-0.39, 0.29) is 0 Å². The Morgan fingerprint density at radius 2 is 2.19 bits per heavy atom. The fourth-order valence-corrected chi connectivity index (χ4v) is 3.28. The second-order valence-electron chi connectivity index (χ2n) is 6.01. The SMILES string of the molecule is CCNCC1CCN(CCc2cccc3cccnc23)C1. The second-order valence-corrected chi connectivity index (χ2v) is 6.01. The zero-order chi connectivity index (χ0) is 14.5. The van der Waals surface area contributed by atoms with Gasteiger partial charge in [0.2, 0.25) is 0 Å². The summed E-state index contributed by atoms with van der Waals surface area (Å²) in [5, 5.41) is 4.72. The zero-order valence-electron chi connectivity index (χ0n) is 12.9. The molecule has 1 N–H and O–H groups in total. The van der Waals surface area contributed by atoms with Gasteiger partial charge in [0.25, 0.3) is 0 Å². The Kier molecular flexibility index (Phi) is 4.84. The number of nitrogens with zero attached hydrogens (tertiary/aromatic N) is 2. The van der Waals surface area contributed by atoms with Crippen LogP contribution in [-0.2, 0) is 6.42 Å². The molecule has 1 fully saturated rings. The summed E-state index contributed by atoms with van der Waals surface area (Å²) in [7, 11) is 0. The van der Waals surface area contributed by atoms with E-state index in [1.807, 2.05) is 12.3 Å². The van der Waals surface area contributed by atoms with E-state index in [0.29, 0.717) is 0 Å². The van der Waals surface area contributed by atoms with Crippen molar-refractivity contribution in [2.45, 2.75) is 19.8 Å². The third-order valence-electron chi connectivity index (χ3n) is 4.47. The molecule has 1 aliphatic rings. The summed E-state index contributed by atoms with van der Waals surface area (Å²) in [6, 6.07) is 10.7. The molecule has 1 aromatic carbocycles. The van der Waals surface area contributed by atoms with Crippen LogP contribution in [0.25, 0.3) is 10.9 Å². The van der Waals surface area contributed by atoms with Crippen LogP contribution in [0.1, 0.15) is 18.9 Å². The smallest absolute Gasteiger partial charge is 0.0734 e. The van der Waals surface area contributed by atoms with Gasteiger partial charge in [-0.2, -0.15) is 0 Å². The highest BCUT2D eigenvalue weighted by Gasteiger charge is 2.21. The second kappa shape index (κ2) is 7.01. The lowest BCUT2D eigenvalue weighted by atomic mass is 10.1. The number of rotatable bonds is 6. The molecule has 1 aliphatic heterocycles. The Morgan fingerprint density at radius 3 is 3.10 bits per heavy atom. The molecule has 2 aromatic rings. The van der Waals surface area contributed by atoms with Crippen LogP contribution in [-0.4, -0.2) is 42.6 Å². The molecule has 0 radical (unpaired) electrons. The fourth-order valence-electron chi connectivity index (χ4n) is 3.28. The number of likely N-dealkylation sites (tertiary alicyclic amines) is 1. The van der Waals surface area contributed by atoms with E-state index in [1.165, 1.54) is 42.5 Å². The Labute approximate surface area is 127 Å². The van der Waals surface area contributed by atoms with E-state index in [9.17, 15) is 0 Å². The van der Waals surface area contributed by atoms with Gasteiger partial charge in [-0.15, -0.1) is 0 Å². The number of fused-ring (bicyclic) bond motifs is 1. The summed E-state index contributed by atoms with van der Waals surface area (Å²) in [5.41, 5.74) is 2.55. The van der Waals surface area contributed by atoms with Crippen LogP contribution in [0, 0.1) is 5.92 Å². The molecule has 0 amide bonds. The van der Waals surface area contributed by atoms with Crippen LogP contribution < -0.4 is 5.32 Å². The Bertz CT molecular complexity index is 576. The first-order valence-corrected chi connectivity index (χ1v) is 8.12. The highest BCUT2D eigenvalue weighted by Crippen LogP contribution is 2.19. The first-order chi connectivity index (χ1) is 10.4. The van der Waals surface area contributed by atoms with Gasteiger partial charge >= 0.3 is 0 Å². The molecule has 2 heterocycles. The van der Waals surface area contributed by atoms with E-state index in [0.717, 1.165) is 25.4 Å². The molecular weight excluding hydrogens is 258 g/mol. The maximum atomic E-state index is 4.55. The van der Waals surface area contributed by atoms with E-state index < -0.39 is 0 Å². The standard InChI is InChI=1S/C18H25N3/c1-2-19-13-15-8-11-21(14-15)12-9-17-6-3-5-16-7-4-10-20-18(16)17/h3-7,10,15,19H,2,8-9,11-14H2,1H3. The first-order valence-electron chi connectivity index (χ1n) is 8.12. The summed E-state index contributed by atoms with van der Waals surface area (Å²) in [6.45, 7) is 8.07. The van der Waals surface area contributed by atoms with Crippen molar-refractivity contribution in [3.63, 3.8) is 0 Å². The molecule has 3 nitrogen and oxygen atoms in total. The maximum absolute atomic E-state index is 4.55. The molecular formula is C18H25N3. The molecule has 3 rings (SSSR count). The van der Waals surface area contributed by atoms with E-state index in [2.05, 4.69) is 46.4 Å². The highest BCUT2D eigenvalue weighted by atomic mass is 15.1. The van der Waals surface area contributed by atoms with Crippen molar-refractivity contribution < 1.29 is 0 Å². The van der Waals surface area contributed by atoms with Crippen molar-refractivity contribution in [1.82, 2.24) is 15.2 Å². The lowest BCUT2D eigenvalue weighted by Crippen LogP contribution is -2.27.